The highest BCUT2D eigenvalue weighted by atomic mass is 19.4. The van der Waals surface area contributed by atoms with E-state index in [4.69, 9.17) is 10.4 Å². The van der Waals surface area contributed by atoms with Crippen molar-refractivity contribution in [3.8, 4) is 11.8 Å². The summed E-state index contributed by atoms with van der Waals surface area (Å²) in [4.78, 5) is 0. The maximum Gasteiger partial charge on any atom is 0.420 e. The maximum absolute atomic E-state index is 12.6. The Kier molecular flexibility index (Phi) is 4.50. The Labute approximate surface area is 109 Å². The van der Waals surface area contributed by atoms with Crippen molar-refractivity contribution in [3.05, 3.63) is 29.3 Å². The molecule has 1 aromatic carbocycles. The van der Waals surface area contributed by atoms with Crippen molar-refractivity contribution < 1.29 is 36.2 Å². The van der Waals surface area contributed by atoms with Crippen LogP contribution < -0.4 is 4.74 Å². The van der Waals surface area contributed by atoms with E-state index in [2.05, 4.69) is 4.74 Å². The highest BCUT2D eigenvalue weighted by Gasteiger charge is 2.40. The van der Waals surface area contributed by atoms with Crippen molar-refractivity contribution in [2.45, 2.75) is 18.5 Å². The molecule has 1 unspecified atom stereocenters. The van der Waals surface area contributed by atoms with Gasteiger partial charge < -0.3 is 9.84 Å². The monoisotopic (exact) mass is 299 g/mol. The predicted octanol–water partition coefficient (Wildman–Crippen LogP) is 2.88. The van der Waals surface area contributed by atoms with E-state index in [0.29, 0.717) is 6.07 Å². The van der Waals surface area contributed by atoms with Gasteiger partial charge in [-0.2, -0.15) is 31.6 Å². The zero-order valence-corrected chi connectivity index (χ0v) is 9.59. The van der Waals surface area contributed by atoms with E-state index >= 15 is 0 Å². The largest absolute Gasteiger partial charge is 0.490 e. The molecule has 3 nitrogen and oxygen atoms in total. The number of nitriles is 1. The van der Waals surface area contributed by atoms with Gasteiger partial charge in [-0.3, -0.25) is 0 Å². The number of ether oxygens (including phenoxy) is 1. The Morgan fingerprint density at radius 3 is 2.25 bits per heavy atom. The summed E-state index contributed by atoms with van der Waals surface area (Å²) in [5.74, 6) is -0.889. The lowest BCUT2D eigenvalue weighted by molar-refractivity contribution is -0.211. The molecule has 0 aliphatic heterocycles. The third-order valence-electron chi connectivity index (χ3n) is 2.19. The van der Waals surface area contributed by atoms with Crippen LogP contribution in [0, 0.1) is 11.3 Å². The lowest BCUT2D eigenvalue weighted by Gasteiger charge is -2.18. The molecule has 0 aliphatic rings. The molecule has 0 aliphatic carbocycles. The minimum atomic E-state index is -5.00. The number of rotatable bonds is 3. The first kappa shape index (κ1) is 16.1. The topological polar surface area (TPSA) is 53.2 Å². The van der Waals surface area contributed by atoms with Gasteiger partial charge in [0, 0.05) is 0 Å². The molecule has 0 fully saturated rings. The second kappa shape index (κ2) is 5.58. The fourth-order valence-electron chi connectivity index (χ4n) is 1.21. The molecule has 1 atom stereocenters. The van der Waals surface area contributed by atoms with Crippen molar-refractivity contribution in [2.75, 3.05) is 6.61 Å². The molecule has 1 rings (SSSR count). The van der Waals surface area contributed by atoms with Crippen LogP contribution in [0.25, 0.3) is 0 Å². The Morgan fingerprint density at radius 2 is 1.80 bits per heavy atom. The molecule has 110 valence electrons. The number of hydrogen-bond donors (Lipinski definition) is 1. The Bertz CT molecular complexity index is 517. The fraction of sp³-hybridized carbons (Fsp3) is 0.364. The lowest BCUT2D eigenvalue weighted by atomic mass is 10.1. The average molecular weight is 299 g/mol. The van der Waals surface area contributed by atoms with Gasteiger partial charge in [0.2, 0.25) is 0 Å². The van der Waals surface area contributed by atoms with Crippen LogP contribution in [0.4, 0.5) is 26.3 Å². The summed E-state index contributed by atoms with van der Waals surface area (Å²) in [6.45, 7) is -1.38. The molecule has 0 spiro atoms. The van der Waals surface area contributed by atoms with Crippen molar-refractivity contribution in [1.29, 1.82) is 5.26 Å². The SMILES string of the molecule is N#Cc1ccc(OCC(O)C(F)(F)F)c(C(F)(F)F)c1. The zero-order valence-electron chi connectivity index (χ0n) is 9.59. The number of aliphatic hydroxyl groups excluding tert-OH is 1. The van der Waals surface area contributed by atoms with Gasteiger partial charge in [0.05, 0.1) is 17.2 Å². The molecule has 0 radical (unpaired) electrons. The van der Waals surface area contributed by atoms with Gasteiger partial charge in [-0.05, 0) is 18.2 Å². The third kappa shape index (κ3) is 4.03. The van der Waals surface area contributed by atoms with Crippen LogP contribution in [0.15, 0.2) is 18.2 Å². The number of nitrogens with zero attached hydrogens (tertiary/aromatic N) is 1. The average Bonchev–Trinajstić information content (AvgIpc) is 2.33. The molecule has 9 heteroatoms. The highest BCUT2D eigenvalue weighted by Crippen LogP contribution is 2.37. The smallest absolute Gasteiger partial charge is 0.420 e. The van der Waals surface area contributed by atoms with Gasteiger partial charge in [0.1, 0.15) is 12.4 Å². The van der Waals surface area contributed by atoms with Crippen molar-refractivity contribution in [1.82, 2.24) is 0 Å². The first-order valence-electron chi connectivity index (χ1n) is 5.04. The number of benzene rings is 1. The van der Waals surface area contributed by atoms with E-state index in [-0.39, 0.29) is 5.56 Å². The summed E-state index contributed by atoms with van der Waals surface area (Å²) in [5, 5.41) is 17.2. The highest BCUT2D eigenvalue weighted by molar-refractivity contribution is 5.43. The van der Waals surface area contributed by atoms with Crippen LogP contribution in [-0.4, -0.2) is 24.0 Å². The molecule has 1 aromatic rings. The third-order valence-corrected chi connectivity index (χ3v) is 2.19. The molecular weight excluding hydrogens is 292 g/mol. The molecule has 0 heterocycles. The molecule has 0 saturated heterocycles. The molecule has 1 N–H and O–H groups in total. The Balaban J connectivity index is 2.99. The summed E-state index contributed by atoms with van der Waals surface area (Å²) >= 11 is 0. The molecule has 0 saturated carbocycles. The zero-order chi connectivity index (χ0) is 15.6. The van der Waals surface area contributed by atoms with E-state index < -0.39 is 36.4 Å². The maximum atomic E-state index is 12.6. The van der Waals surface area contributed by atoms with Gasteiger partial charge in [-0.1, -0.05) is 0 Å². The second-order valence-electron chi connectivity index (χ2n) is 3.69. The predicted molar refractivity (Wildman–Crippen MR) is 53.7 cm³/mol. The van der Waals surface area contributed by atoms with E-state index in [1.807, 2.05) is 0 Å². The first-order valence-corrected chi connectivity index (χ1v) is 5.04. The van der Waals surface area contributed by atoms with E-state index in [1.165, 1.54) is 6.07 Å². The standard InChI is InChI=1S/C11H7F6NO2/c12-10(13,14)7-3-6(4-18)1-2-8(7)20-5-9(19)11(15,16)17/h1-3,9,19H,5H2. The van der Waals surface area contributed by atoms with Crippen LogP contribution in [0.5, 0.6) is 5.75 Å². The van der Waals surface area contributed by atoms with Crippen LogP contribution in [-0.2, 0) is 6.18 Å². The van der Waals surface area contributed by atoms with Crippen LogP contribution in [0.1, 0.15) is 11.1 Å². The summed E-state index contributed by atoms with van der Waals surface area (Å²) in [7, 11) is 0. The summed E-state index contributed by atoms with van der Waals surface area (Å²) in [5.41, 5.74) is -1.70. The quantitative estimate of drug-likeness (QED) is 0.873. The van der Waals surface area contributed by atoms with Crippen molar-refractivity contribution in [2.24, 2.45) is 0 Å². The van der Waals surface area contributed by atoms with Gasteiger partial charge >= 0.3 is 12.4 Å². The first-order chi connectivity index (χ1) is 9.05. The van der Waals surface area contributed by atoms with Crippen LogP contribution in [0.3, 0.4) is 0 Å². The number of aliphatic hydroxyl groups is 1. The normalized spacial score (nSPS) is 13.7. The van der Waals surface area contributed by atoms with Gasteiger partial charge in [0.25, 0.3) is 0 Å². The minimum absolute atomic E-state index is 0.318. The van der Waals surface area contributed by atoms with Gasteiger partial charge in [-0.15, -0.1) is 0 Å². The number of alkyl halides is 6. The fourth-order valence-corrected chi connectivity index (χ4v) is 1.21. The van der Waals surface area contributed by atoms with E-state index in [9.17, 15) is 26.3 Å². The molecule has 20 heavy (non-hydrogen) atoms. The molecular formula is C11H7F6NO2. The number of hydrogen-bond acceptors (Lipinski definition) is 3. The Morgan fingerprint density at radius 1 is 1.20 bits per heavy atom. The van der Waals surface area contributed by atoms with Gasteiger partial charge in [0.15, 0.2) is 6.10 Å². The van der Waals surface area contributed by atoms with Crippen molar-refractivity contribution in [3.63, 3.8) is 0 Å². The molecule has 0 amide bonds. The minimum Gasteiger partial charge on any atom is -0.490 e. The van der Waals surface area contributed by atoms with Crippen LogP contribution >= 0.6 is 0 Å². The molecule has 0 aromatic heterocycles. The van der Waals surface area contributed by atoms with E-state index in [0.717, 1.165) is 12.1 Å². The molecule has 0 bridgehead atoms. The van der Waals surface area contributed by atoms with Crippen molar-refractivity contribution >= 4 is 0 Å². The summed E-state index contributed by atoms with van der Waals surface area (Å²) < 4.78 is 78.3. The van der Waals surface area contributed by atoms with E-state index in [1.54, 1.807) is 0 Å². The van der Waals surface area contributed by atoms with Gasteiger partial charge in [-0.25, -0.2) is 0 Å². The number of halogens is 6. The Hall–Kier alpha value is -1.95. The second-order valence-corrected chi connectivity index (χ2v) is 3.69. The summed E-state index contributed by atoms with van der Waals surface area (Å²) in [6, 6.07) is 3.61. The van der Waals surface area contributed by atoms with Crippen LogP contribution in [0.2, 0.25) is 0 Å². The lowest BCUT2D eigenvalue weighted by Crippen LogP contribution is -2.34. The summed E-state index contributed by atoms with van der Waals surface area (Å²) in [6.07, 6.45) is -12.8.